The molecule has 0 saturated heterocycles. The lowest BCUT2D eigenvalue weighted by Gasteiger charge is -2.19. The van der Waals surface area contributed by atoms with Gasteiger partial charge in [0.2, 0.25) is 11.8 Å². The summed E-state index contributed by atoms with van der Waals surface area (Å²) in [4.78, 5) is 22.5. The number of amides is 2. The van der Waals surface area contributed by atoms with Gasteiger partial charge in [0.1, 0.15) is 0 Å². The van der Waals surface area contributed by atoms with E-state index in [4.69, 9.17) is 11.5 Å². The predicted molar refractivity (Wildman–Crippen MR) is 69.6 cm³/mol. The second-order valence-electron chi connectivity index (χ2n) is 4.53. The summed E-state index contributed by atoms with van der Waals surface area (Å²) in [6.45, 7) is 4.19. The van der Waals surface area contributed by atoms with E-state index in [1.807, 2.05) is 19.9 Å². The minimum Gasteiger partial charge on any atom is -0.368 e. The van der Waals surface area contributed by atoms with E-state index in [0.717, 1.165) is 5.56 Å². The normalized spacial score (nSPS) is 12.4. The van der Waals surface area contributed by atoms with Crippen LogP contribution in [0.25, 0.3) is 0 Å². The molecule has 18 heavy (non-hydrogen) atoms. The van der Waals surface area contributed by atoms with Crippen molar-refractivity contribution in [1.82, 2.24) is 5.32 Å². The average Bonchev–Trinajstić information content (AvgIpc) is 2.28. The largest absolute Gasteiger partial charge is 0.368 e. The van der Waals surface area contributed by atoms with Crippen LogP contribution < -0.4 is 16.8 Å². The fraction of sp³-hybridized carbons (Fsp3) is 0.385. The molecule has 1 aromatic carbocycles. The van der Waals surface area contributed by atoms with Crippen LogP contribution in [0.3, 0.4) is 0 Å². The lowest BCUT2D eigenvalue weighted by Crippen LogP contribution is -2.44. The number of hydrogen-bond donors (Lipinski definition) is 3. The molecule has 1 unspecified atom stereocenters. The monoisotopic (exact) mass is 249 g/mol. The van der Waals surface area contributed by atoms with Gasteiger partial charge in [-0.1, -0.05) is 32.0 Å². The van der Waals surface area contributed by atoms with Gasteiger partial charge < -0.3 is 16.8 Å². The third kappa shape index (κ3) is 3.56. The molecule has 1 aromatic rings. The number of nitrogens with one attached hydrogen (secondary N) is 1. The minimum absolute atomic E-state index is 0.0863. The Morgan fingerprint density at radius 1 is 1.22 bits per heavy atom. The van der Waals surface area contributed by atoms with E-state index in [-0.39, 0.29) is 5.92 Å². The standard InChI is InChI=1S/C13H19N3O2/c1-8(2)11(13(15)18)16-7-9-5-3-4-6-10(9)12(14)17/h3-6,8,11,16H,7H2,1-2H3,(H2,14,17)(H2,15,18). The molecule has 5 heteroatoms. The van der Waals surface area contributed by atoms with Gasteiger partial charge >= 0.3 is 0 Å². The molecule has 2 amide bonds. The van der Waals surface area contributed by atoms with Crippen molar-refractivity contribution >= 4 is 11.8 Å². The highest BCUT2D eigenvalue weighted by molar-refractivity contribution is 5.94. The number of carbonyl (C=O) groups excluding carboxylic acids is 2. The summed E-state index contributed by atoms with van der Waals surface area (Å²) in [6.07, 6.45) is 0. The van der Waals surface area contributed by atoms with Crippen LogP contribution in [0, 0.1) is 5.92 Å². The highest BCUT2D eigenvalue weighted by Gasteiger charge is 2.19. The topological polar surface area (TPSA) is 98.2 Å². The Kier molecular flexibility index (Phi) is 4.85. The third-order valence-corrected chi connectivity index (χ3v) is 2.77. The van der Waals surface area contributed by atoms with Crippen molar-refractivity contribution in [2.24, 2.45) is 17.4 Å². The summed E-state index contributed by atoms with van der Waals surface area (Å²) in [6, 6.07) is 6.60. The number of primary amides is 2. The van der Waals surface area contributed by atoms with Crippen LogP contribution >= 0.6 is 0 Å². The highest BCUT2D eigenvalue weighted by atomic mass is 16.1. The van der Waals surface area contributed by atoms with Gasteiger partial charge in [-0.05, 0) is 17.5 Å². The molecule has 1 atom stereocenters. The zero-order valence-electron chi connectivity index (χ0n) is 10.6. The van der Waals surface area contributed by atoms with Gasteiger partial charge in [0, 0.05) is 12.1 Å². The number of benzene rings is 1. The highest BCUT2D eigenvalue weighted by Crippen LogP contribution is 2.09. The van der Waals surface area contributed by atoms with Gasteiger partial charge in [-0.2, -0.15) is 0 Å². The van der Waals surface area contributed by atoms with Crippen molar-refractivity contribution in [3.8, 4) is 0 Å². The van der Waals surface area contributed by atoms with E-state index in [2.05, 4.69) is 5.32 Å². The Balaban J connectivity index is 2.79. The number of rotatable bonds is 6. The molecule has 0 aromatic heterocycles. The summed E-state index contributed by atoms with van der Waals surface area (Å²) >= 11 is 0. The van der Waals surface area contributed by atoms with Crippen LogP contribution in [0.5, 0.6) is 0 Å². The number of carbonyl (C=O) groups is 2. The van der Waals surface area contributed by atoms with Gasteiger partial charge in [0.15, 0.2) is 0 Å². The quantitative estimate of drug-likeness (QED) is 0.680. The van der Waals surface area contributed by atoms with Crippen molar-refractivity contribution in [2.75, 3.05) is 0 Å². The second kappa shape index (κ2) is 6.16. The molecule has 0 fully saturated rings. The van der Waals surface area contributed by atoms with E-state index < -0.39 is 17.9 Å². The molecule has 0 saturated carbocycles. The van der Waals surface area contributed by atoms with Gasteiger partial charge in [-0.3, -0.25) is 9.59 Å². The van der Waals surface area contributed by atoms with Crippen LogP contribution in [-0.4, -0.2) is 17.9 Å². The van der Waals surface area contributed by atoms with Crippen LogP contribution in [-0.2, 0) is 11.3 Å². The van der Waals surface area contributed by atoms with Crippen LogP contribution in [0.1, 0.15) is 29.8 Å². The zero-order chi connectivity index (χ0) is 13.7. The number of nitrogens with two attached hydrogens (primary N) is 2. The van der Waals surface area contributed by atoms with E-state index >= 15 is 0 Å². The maximum absolute atomic E-state index is 11.2. The van der Waals surface area contributed by atoms with E-state index in [0.29, 0.717) is 12.1 Å². The molecule has 0 heterocycles. The Hall–Kier alpha value is -1.88. The summed E-state index contributed by atoms with van der Waals surface area (Å²) in [5.74, 6) is -0.794. The molecule has 98 valence electrons. The van der Waals surface area contributed by atoms with E-state index in [9.17, 15) is 9.59 Å². The van der Waals surface area contributed by atoms with Gasteiger partial charge in [-0.15, -0.1) is 0 Å². The molecular formula is C13H19N3O2. The fourth-order valence-electron chi connectivity index (χ4n) is 1.80. The lowest BCUT2D eigenvalue weighted by atomic mass is 10.0. The minimum atomic E-state index is -0.479. The average molecular weight is 249 g/mol. The maximum atomic E-state index is 11.2. The predicted octanol–water partition coefficient (Wildman–Crippen LogP) is 0.385. The van der Waals surface area contributed by atoms with Crippen molar-refractivity contribution in [1.29, 1.82) is 0 Å². The first-order chi connectivity index (χ1) is 8.43. The molecule has 0 bridgehead atoms. The summed E-state index contributed by atoms with van der Waals surface area (Å²) < 4.78 is 0. The lowest BCUT2D eigenvalue weighted by molar-refractivity contribution is -0.121. The van der Waals surface area contributed by atoms with E-state index in [1.54, 1.807) is 18.2 Å². The molecule has 0 spiro atoms. The van der Waals surface area contributed by atoms with Crippen LogP contribution in [0.15, 0.2) is 24.3 Å². The van der Waals surface area contributed by atoms with Gasteiger partial charge in [0.05, 0.1) is 6.04 Å². The molecule has 0 radical (unpaired) electrons. The second-order valence-corrected chi connectivity index (χ2v) is 4.53. The Labute approximate surface area is 107 Å². The smallest absolute Gasteiger partial charge is 0.249 e. The first kappa shape index (κ1) is 14.2. The Morgan fingerprint density at radius 2 is 1.83 bits per heavy atom. The molecule has 5 nitrogen and oxygen atoms in total. The van der Waals surface area contributed by atoms with E-state index in [1.165, 1.54) is 0 Å². The van der Waals surface area contributed by atoms with Crippen molar-refractivity contribution in [2.45, 2.75) is 26.4 Å². The van der Waals surface area contributed by atoms with Gasteiger partial charge in [0.25, 0.3) is 0 Å². The van der Waals surface area contributed by atoms with Crippen molar-refractivity contribution < 1.29 is 9.59 Å². The Bertz CT molecular complexity index is 444. The SMILES string of the molecule is CC(C)C(NCc1ccccc1C(N)=O)C(N)=O. The Morgan fingerprint density at radius 3 is 2.33 bits per heavy atom. The maximum Gasteiger partial charge on any atom is 0.249 e. The van der Waals surface area contributed by atoms with Gasteiger partial charge in [-0.25, -0.2) is 0 Å². The third-order valence-electron chi connectivity index (χ3n) is 2.77. The number of hydrogen-bond acceptors (Lipinski definition) is 3. The fourth-order valence-corrected chi connectivity index (χ4v) is 1.80. The summed E-state index contributed by atoms with van der Waals surface area (Å²) in [5, 5.41) is 3.05. The molecule has 1 rings (SSSR count). The molecular weight excluding hydrogens is 230 g/mol. The molecule has 0 aliphatic heterocycles. The summed E-state index contributed by atoms with van der Waals surface area (Å²) in [5.41, 5.74) is 11.8. The molecule has 0 aliphatic carbocycles. The van der Waals surface area contributed by atoms with Crippen LogP contribution in [0.2, 0.25) is 0 Å². The molecule has 5 N–H and O–H groups in total. The summed E-state index contributed by atoms with van der Waals surface area (Å²) in [7, 11) is 0. The molecule has 0 aliphatic rings. The van der Waals surface area contributed by atoms with Crippen molar-refractivity contribution in [3.05, 3.63) is 35.4 Å². The van der Waals surface area contributed by atoms with Crippen LogP contribution in [0.4, 0.5) is 0 Å². The first-order valence-corrected chi connectivity index (χ1v) is 5.84. The zero-order valence-corrected chi connectivity index (χ0v) is 10.6. The van der Waals surface area contributed by atoms with Crippen molar-refractivity contribution in [3.63, 3.8) is 0 Å². The first-order valence-electron chi connectivity index (χ1n) is 5.84.